The third-order valence-electron chi connectivity index (χ3n) is 4.79. The molecule has 0 bridgehead atoms. The Morgan fingerprint density at radius 2 is 1.77 bits per heavy atom. The van der Waals surface area contributed by atoms with E-state index >= 15 is 0 Å². The minimum Gasteiger partial charge on any atom is -0.790 e. The first-order valence-electron chi connectivity index (χ1n) is 9.00. The topological polar surface area (TPSA) is 214 Å². The average molecular weight is 454 g/mol. The zero-order valence-corrected chi connectivity index (χ0v) is 17.3. The van der Waals surface area contributed by atoms with Crippen molar-refractivity contribution in [3.63, 3.8) is 0 Å². The molecule has 0 spiro atoms. The van der Waals surface area contributed by atoms with Gasteiger partial charge in [-0.2, -0.15) is 4.98 Å². The highest BCUT2D eigenvalue weighted by Crippen LogP contribution is 2.26. The van der Waals surface area contributed by atoms with Gasteiger partial charge < -0.3 is 38.8 Å². The fourth-order valence-corrected chi connectivity index (χ4v) is 3.39. The molecule has 0 saturated heterocycles. The number of aromatic amines is 1. The van der Waals surface area contributed by atoms with Gasteiger partial charge in [-0.15, -0.1) is 0 Å². The lowest BCUT2D eigenvalue weighted by Gasteiger charge is -2.31. The van der Waals surface area contributed by atoms with Crippen LogP contribution in [0.15, 0.2) is 21.7 Å². The average Bonchev–Trinajstić information content (AvgIpc) is 2.67. The molecule has 0 radical (unpaired) electrons. The summed E-state index contributed by atoms with van der Waals surface area (Å²) in [5, 5.41) is 30.4. The number of hydrogen-bond donors (Lipinski definition) is 4. The molecular formula is C17H19N4O9P-2. The maximum Gasteiger partial charge on any atom is 0.349 e. The SMILES string of the molecule is Cc1cc2nc3c(=O)[nH]c(=O)nc-3n(C[C@H](O)[C@@H](O)[C@H](O)COP(=O)([O-])[O-])c2cc1C. The normalized spacial score (nSPS) is 15.3. The number of aromatic nitrogens is 4. The van der Waals surface area contributed by atoms with Crippen LogP contribution in [0.25, 0.3) is 22.6 Å². The van der Waals surface area contributed by atoms with E-state index < -0.39 is 50.5 Å². The lowest BCUT2D eigenvalue weighted by molar-refractivity contribution is -0.343. The monoisotopic (exact) mass is 454 g/mol. The van der Waals surface area contributed by atoms with Crippen LogP contribution in [-0.4, -0.2) is 59.8 Å². The Balaban J connectivity index is 2.06. The quantitative estimate of drug-likeness (QED) is 0.210. The molecule has 0 aliphatic carbocycles. The van der Waals surface area contributed by atoms with Crippen LogP contribution in [0.4, 0.5) is 0 Å². The number of H-pyrrole nitrogens is 1. The minimum absolute atomic E-state index is 0.162. The Morgan fingerprint density at radius 1 is 1.13 bits per heavy atom. The number of rotatable bonds is 7. The number of nitrogens with one attached hydrogen (secondary N) is 1. The Labute approximate surface area is 174 Å². The van der Waals surface area contributed by atoms with Crippen LogP contribution in [0.2, 0.25) is 0 Å². The third kappa shape index (κ3) is 5.05. The van der Waals surface area contributed by atoms with Crippen LogP contribution in [0, 0.1) is 13.8 Å². The summed E-state index contributed by atoms with van der Waals surface area (Å²) in [7, 11) is -5.39. The predicted octanol–water partition coefficient (Wildman–Crippen LogP) is -2.87. The summed E-state index contributed by atoms with van der Waals surface area (Å²) < 4.78 is 15.8. The Hall–Kier alpha value is -2.51. The van der Waals surface area contributed by atoms with Crippen LogP contribution >= 0.6 is 7.82 Å². The number of aliphatic hydroxyl groups excluding tert-OH is 3. The molecule has 31 heavy (non-hydrogen) atoms. The van der Waals surface area contributed by atoms with Crippen molar-refractivity contribution in [1.82, 2.24) is 19.5 Å². The second-order valence-electron chi connectivity index (χ2n) is 7.06. The molecule has 1 aromatic rings. The number of benzene rings is 1. The maximum absolute atomic E-state index is 12.2. The number of hydrogen-bond acceptors (Lipinski definition) is 11. The van der Waals surface area contributed by atoms with Gasteiger partial charge in [0.2, 0.25) is 0 Å². The van der Waals surface area contributed by atoms with Crippen LogP contribution < -0.4 is 21.0 Å². The maximum atomic E-state index is 12.2. The van der Waals surface area contributed by atoms with Gasteiger partial charge in [0.25, 0.3) is 5.56 Å². The van der Waals surface area contributed by atoms with Gasteiger partial charge in [0.15, 0.2) is 11.5 Å². The van der Waals surface area contributed by atoms with Crippen molar-refractivity contribution in [2.45, 2.75) is 38.7 Å². The molecule has 1 aromatic carbocycles. The third-order valence-corrected chi connectivity index (χ3v) is 5.25. The van der Waals surface area contributed by atoms with Gasteiger partial charge in [0.05, 0.1) is 32.0 Å². The highest BCUT2D eigenvalue weighted by Gasteiger charge is 2.28. The Morgan fingerprint density at radius 3 is 2.42 bits per heavy atom. The van der Waals surface area contributed by atoms with Crippen molar-refractivity contribution < 1.29 is 34.2 Å². The Kier molecular flexibility index (Phi) is 6.39. The predicted molar refractivity (Wildman–Crippen MR) is 102 cm³/mol. The summed E-state index contributed by atoms with van der Waals surface area (Å²) >= 11 is 0. The first-order valence-corrected chi connectivity index (χ1v) is 10.5. The van der Waals surface area contributed by atoms with Crippen molar-refractivity contribution in [2.24, 2.45) is 0 Å². The molecule has 0 unspecified atom stereocenters. The van der Waals surface area contributed by atoms with Crippen LogP contribution in [0.5, 0.6) is 0 Å². The van der Waals surface area contributed by atoms with Gasteiger partial charge in [-0.05, 0) is 37.1 Å². The number of nitrogens with zero attached hydrogens (tertiary/aromatic N) is 3. The van der Waals surface area contributed by atoms with Gasteiger partial charge in [-0.3, -0.25) is 9.78 Å². The summed E-state index contributed by atoms with van der Waals surface area (Å²) in [6.07, 6.45) is -5.58. The van der Waals surface area contributed by atoms with Crippen molar-refractivity contribution in [3.8, 4) is 11.5 Å². The van der Waals surface area contributed by atoms with E-state index in [1.54, 1.807) is 12.1 Å². The first-order chi connectivity index (χ1) is 14.4. The second kappa shape index (κ2) is 8.55. The van der Waals surface area contributed by atoms with E-state index in [2.05, 4.69) is 14.5 Å². The van der Waals surface area contributed by atoms with Crippen molar-refractivity contribution in [2.75, 3.05) is 6.61 Å². The lowest BCUT2D eigenvalue weighted by Crippen LogP contribution is -2.43. The first kappa shape index (κ1) is 23.2. The molecular weight excluding hydrogens is 435 g/mol. The molecule has 0 saturated carbocycles. The molecule has 14 heteroatoms. The second-order valence-corrected chi connectivity index (χ2v) is 8.21. The molecule has 3 atom stereocenters. The summed E-state index contributed by atoms with van der Waals surface area (Å²) in [5.41, 5.74) is 0.512. The van der Waals surface area contributed by atoms with E-state index in [4.69, 9.17) is 0 Å². The minimum atomic E-state index is -5.39. The fourth-order valence-electron chi connectivity index (χ4n) is 3.05. The molecule has 2 heterocycles. The summed E-state index contributed by atoms with van der Waals surface area (Å²) in [6.45, 7) is 2.11. The molecule has 13 nitrogen and oxygen atoms in total. The van der Waals surface area contributed by atoms with Crippen LogP contribution in [0.1, 0.15) is 11.1 Å². The van der Waals surface area contributed by atoms with E-state index in [0.29, 0.717) is 11.0 Å². The zero-order valence-electron chi connectivity index (χ0n) is 16.4. The van der Waals surface area contributed by atoms with Crippen LogP contribution in [-0.2, 0) is 15.6 Å². The number of aliphatic hydroxyl groups is 3. The number of fused-ring (bicyclic) bond motifs is 2. The summed E-state index contributed by atoms with van der Waals surface area (Å²) in [6, 6.07) is 3.38. The number of aryl methyl sites for hydroxylation is 2. The molecule has 4 N–H and O–H groups in total. The lowest BCUT2D eigenvalue weighted by atomic mass is 10.1. The highest BCUT2D eigenvalue weighted by atomic mass is 31.2. The molecule has 2 aliphatic heterocycles. The zero-order chi connectivity index (χ0) is 23.1. The van der Waals surface area contributed by atoms with E-state index in [9.17, 15) is 39.3 Å². The molecule has 0 fully saturated rings. The van der Waals surface area contributed by atoms with Crippen LogP contribution in [0.3, 0.4) is 0 Å². The molecule has 0 amide bonds. The van der Waals surface area contributed by atoms with E-state index in [-0.39, 0.29) is 11.5 Å². The summed E-state index contributed by atoms with van der Waals surface area (Å²) in [4.78, 5) is 55.1. The fraction of sp³-hybridized carbons (Fsp3) is 0.412. The smallest absolute Gasteiger partial charge is 0.349 e. The molecule has 168 valence electrons. The van der Waals surface area contributed by atoms with Crippen molar-refractivity contribution in [3.05, 3.63) is 44.1 Å². The largest absolute Gasteiger partial charge is 0.790 e. The Bertz CT molecular complexity index is 1250. The van der Waals surface area contributed by atoms with Crippen molar-refractivity contribution >= 4 is 18.9 Å². The highest BCUT2D eigenvalue weighted by molar-refractivity contribution is 7.43. The van der Waals surface area contributed by atoms with Gasteiger partial charge >= 0.3 is 5.69 Å². The molecule has 2 aliphatic rings. The molecule has 3 rings (SSSR count). The summed E-state index contributed by atoms with van der Waals surface area (Å²) in [5.74, 6) is -0.162. The molecule has 0 aromatic heterocycles. The van der Waals surface area contributed by atoms with Gasteiger partial charge in [0.1, 0.15) is 18.3 Å². The van der Waals surface area contributed by atoms with Gasteiger partial charge in [-0.1, -0.05) is 0 Å². The van der Waals surface area contributed by atoms with E-state index in [1.807, 2.05) is 18.8 Å². The van der Waals surface area contributed by atoms with Gasteiger partial charge in [-0.25, -0.2) is 9.78 Å². The van der Waals surface area contributed by atoms with E-state index in [0.717, 1.165) is 11.1 Å². The van der Waals surface area contributed by atoms with Gasteiger partial charge in [0, 0.05) is 0 Å². The number of phosphoric acid groups is 1. The van der Waals surface area contributed by atoms with Crippen molar-refractivity contribution in [1.29, 1.82) is 0 Å². The standard InChI is InChI=1S/C17H21N4O9P/c1-7-3-9-10(4-8(7)2)21(15-13(18-9)16(25)20-17(26)19-15)5-11(22)14(24)12(23)6-30-31(27,28)29/h3-4,11-12,14,22-24H,5-6H2,1-2H3,(H,20,25,26)(H2,27,28,29)/p-2/t11-,12+,14+/m0/s1. The number of phosphoric ester groups is 1. The van der Waals surface area contributed by atoms with E-state index in [1.165, 1.54) is 4.57 Å².